The van der Waals surface area contributed by atoms with E-state index in [1.165, 1.54) is 5.56 Å². The third kappa shape index (κ3) is 3.22. The summed E-state index contributed by atoms with van der Waals surface area (Å²) in [4.78, 5) is 0. The maximum atomic E-state index is 9.31. The Bertz CT molecular complexity index is 313. The molecule has 0 bridgehead atoms. The van der Waals surface area contributed by atoms with Gasteiger partial charge in [0.1, 0.15) is 18.5 Å². The van der Waals surface area contributed by atoms with Crippen LogP contribution in [-0.4, -0.2) is 24.4 Å². The van der Waals surface area contributed by atoms with Gasteiger partial charge < -0.3 is 15.6 Å². The summed E-state index contributed by atoms with van der Waals surface area (Å²) in [6.45, 7) is 6.54. The second kappa shape index (κ2) is 5.14. The van der Waals surface area contributed by atoms with E-state index in [0.29, 0.717) is 0 Å². The summed E-state index contributed by atoms with van der Waals surface area (Å²) in [7, 11) is 0. The van der Waals surface area contributed by atoms with Crippen molar-refractivity contribution in [3.05, 3.63) is 28.8 Å². The topological polar surface area (TPSA) is 55.5 Å². The molecule has 3 N–H and O–H groups in total. The molecule has 0 aromatic heterocycles. The number of ether oxygens (including phenoxy) is 1. The molecule has 1 rings (SSSR count). The summed E-state index contributed by atoms with van der Waals surface area (Å²) in [5, 5.41) is 9.31. The number of aliphatic hydroxyl groups excluding tert-OH is 1. The van der Waals surface area contributed by atoms with Gasteiger partial charge in [0.05, 0.1) is 0 Å². The summed E-state index contributed by atoms with van der Waals surface area (Å²) in [5.74, 6) is 0.855. The molecule has 84 valence electrons. The highest BCUT2D eigenvalue weighted by Crippen LogP contribution is 2.24. The van der Waals surface area contributed by atoms with E-state index >= 15 is 0 Å². The Morgan fingerprint density at radius 1 is 1.27 bits per heavy atom. The molecule has 0 saturated carbocycles. The predicted octanol–water partition coefficient (Wildman–Crippen LogP) is 1.31. The third-order valence-corrected chi connectivity index (χ3v) is 2.30. The summed E-state index contributed by atoms with van der Waals surface area (Å²) in [6.07, 6.45) is -0.592. The first-order valence-corrected chi connectivity index (χ1v) is 5.13. The van der Waals surface area contributed by atoms with Crippen molar-refractivity contribution >= 4 is 0 Å². The number of hydrogen-bond acceptors (Lipinski definition) is 3. The van der Waals surface area contributed by atoms with Crippen LogP contribution in [-0.2, 0) is 0 Å². The van der Waals surface area contributed by atoms with E-state index in [1.807, 2.05) is 13.8 Å². The second-order valence-corrected chi connectivity index (χ2v) is 3.93. The summed E-state index contributed by atoms with van der Waals surface area (Å²) >= 11 is 0. The normalized spacial score (nSPS) is 12.6. The van der Waals surface area contributed by atoms with Crippen LogP contribution in [0.25, 0.3) is 0 Å². The molecule has 0 unspecified atom stereocenters. The Balaban J connectivity index is 2.77. The van der Waals surface area contributed by atoms with E-state index in [4.69, 9.17) is 10.5 Å². The van der Waals surface area contributed by atoms with Gasteiger partial charge in [-0.3, -0.25) is 0 Å². The van der Waals surface area contributed by atoms with Gasteiger partial charge >= 0.3 is 0 Å². The molecule has 0 heterocycles. The van der Waals surface area contributed by atoms with Gasteiger partial charge in [-0.2, -0.15) is 0 Å². The average molecular weight is 209 g/mol. The Morgan fingerprint density at radius 3 is 2.27 bits per heavy atom. The molecule has 3 heteroatoms. The van der Waals surface area contributed by atoms with Crippen molar-refractivity contribution in [1.29, 1.82) is 0 Å². The number of rotatable bonds is 4. The van der Waals surface area contributed by atoms with Gasteiger partial charge in [0, 0.05) is 6.54 Å². The van der Waals surface area contributed by atoms with Gasteiger partial charge in [-0.15, -0.1) is 0 Å². The zero-order valence-corrected chi connectivity index (χ0v) is 9.58. The minimum Gasteiger partial charge on any atom is -0.490 e. The molecule has 15 heavy (non-hydrogen) atoms. The van der Waals surface area contributed by atoms with Crippen molar-refractivity contribution in [1.82, 2.24) is 0 Å². The van der Waals surface area contributed by atoms with E-state index in [9.17, 15) is 5.11 Å². The Hall–Kier alpha value is -1.06. The Labute approximate surface area is 90.9 Å². The SMILES string of the molecule is Cc1cc(C)c(OC[C@@H](O)CN)c(C)c1. The van der Waals surface area contributed by atoms with Gasteiger partial charge in [0.25, 0.3) is 0 Å². The van der Waals surface area contributed by atoms with Crippen LogP contribution in [0.3, 0.4) is 0 Å². The van der Waals surface area contributed by atoms with Crippen molar-refractivity contribution in [2.75, 3.05) is 13.2 Å². The maximum absolute atomic E-state index is 9.31. The molecule has 0 saturated heterocycles. The number of hydrogen-bond donors (Lipinski definition) is 2. The maximum Gasteiger partial charge on any atom is 0.125 e. The van der Waals surface area contributed by atoms with Crippen molar-refractivity contribution in [3.8, 4) is 5.75 Å². The predicted molar refractivity (Wildman–Crippen MR) is 61.2 cm³/mol. The minimum absolute atomic E-state index is 0.226. The molecule has 3 nitrogen and oxygen atoms in total. The first-order valence-electron chi connectivity index (χ1n) is 5.13. The van der Waals surface area contributed by atoms with E-state index in [2.05, 4.69) is 19.1 Å². The smallest absolute Gasteiger partial charge is 0.125 e. The van der Waals surface area contributed by atoms with Crippen LogP contribution in [0.2, 0.25) is 0 Å². The second-order valence-electron chi connectivity index (χ2n) is 3.93. The molecule has 0 fully saturated rings. The lowest BCUT2D eigenvalue weighted by Gasteiger charge is -2.15. The van der Waals surface area contributed by atoms with E-state index < -0.39 is 6.10 Å². The Morgan fingerprint density at radius 2 is 1.80 bits per heavy atom. The number of benzene rings is 1. The van der Waals surface area contributed by atoms with Crippen LogP contribution in [0.15, 0.2) is 12.1 Å². The molecule has 1 aromatic rings. The fraction of sp³-hybridized carbons (Fsp3) is 0.500. The molecule has 0 radical (unpaired) electrons. The zero-order chi connectivity index (χ0) is 11.4. The zero-order valence-electron chi connectivity index (χ0n) is 9.58. The van der Waals surface area contributed by atoms with Crippen molar-refractivity contribution in [2.45, 2.75) is 26.9 Å². The van der Waals surface area contributed by atoms with Crippen LogP contribution < -0.4 is 10.5 Å². The quantitative estimate of drug-likeness (QED) is 0.786. The molecule has 1 aromatic carbocycles. The molecule has 1 atom stereocenters. The van der Waals surface area contributed by atoms with E-state index in [0.717, 1.165) is 16.9 Å². The van der Waals surface area contributed by atoms with Crippen LogP contribution >= 0.6 is 0 Å². The van der Waals surface area contributed by atoms with Crippen LogP contribution in [0.1, 0.15) is 16.7 Å². The molecular weight excluding hydrogens is 190 g/mol. The van der Waals surface area contributed by atoms with Crippen LogP contribution in [0.5, 0.6) is 5.75 Å². The number of aliphatic hydroxyl groups is 1. The van der Waals surface area contributed by atoms with Gasteiger partial charge in [-0.1, -0.05) is 17.7 Å². The van der Waals surface area contributed by atoms with Gasteiger partial charge in [0.2, 0.25) is 0 Å². The largest absolute Gasteiger partial charge is 0.490 e. The standard InChI is InChI=1S/C12H19NO2/c1-8-4-9(2)12(10(3)5-8)15-7-11(14)6-13/h4-5,11,14H,6-7,13H2,1-3H3/t11-/m0/s1. The molecule has 0 aliphatic heterocycles. The highest BCUT2D eigenvalue weighted by atomic mass is 16.5. The number of nitrogens with two attached hydrogens (primary N) is 1. The highest BCUT2D eigenvalue weighted by molar-refractivity contribution is 5.42. The minimum atomic E-state index is -0.592. The fourth-order valence-electron chi connectivity index (χ4n) is 1.64. The molecule has 0 aliphatic rings. The fourth-order valence-corrected chi connectivity index (χ4v) is 1.64. The third-order valence-electron chi connectivity index (χ3n) is 2.30. The molecule has 0 spiro atoms. The van der Waals surface area contributed by atoms with E-state index in [-0.39, 0.29) is 13.2 Å². The van der Waals surface area contributed by atoms with Crippen molar-refractivity contribution in [2.24, 2.45) is 5.73 Å². The molecule has 0 aliphatic carbocycles. The monoisotopic (exact) mass is 209 g/mol. The summed E-state index contributed by atoms with van der Waals surface area (Å²) < 4.78 is 5.55. The van der Waals surface area contributed by atoms with Gasteiger partial charge in [0.15, 0.2) is 0 Å². The highest BCUT2D eigenvalue weighted by Gasteiger charge is 2.07. The number of aryl methyl sites for hydroxylation is 3. The first kappa shape index (κ1) is 12.0. The first-order chi connectivity index (χ1) is 7.04. The molecular formula is C12H19NO2. The lowest BCUT2D eigenvalue weighted by Crippen LogP contribution is -2.26. The lowest BCUT2D eigenvalue weighted by molar-refractivity contribution is 0.113. The lowest BCUT2D eigenvalue weighted by atomic mass is 10.1. The van der Waals surface area contributed by atoms with Crippen molar-refractivity contribution < 1.29 is 9.84 Å². The van der Waals surface area contributed by atoms with Crippen LogP contribution in [0, 0.1) is 20.8 Å². The van der Waals surface area contributed by atoms with Gasteiger partial charge in [-0.25, -0.2) is 0 Å². The summed E-state index contributed by atoms with van der Waals surface area (Å²) in [6, 6.07) is 4.13. The van der Waals surface area contributed by atoms with E-state index in [1.54, 1.807) is 0 Å². The van der Waals surface area contributed by atoms with Gasteiger partial charge in [-0.05, 0) is 31.9 Å². The molecule has 0 amide bonds. The average Bonchev–Trinajstić information content (AvgIpc) is 2.15. The Kier molecular flexibility index (Phi) is 4.12. The van der Waals surface area contributed by atoms with Crippen LogP contribution in [0.4, 0.5) is 0 Å². The summed E-state index contributed by atoms with van der Waals surface area (Å²) in [5.41, 5.74) is 8.71. The van der Waals surface area contributed by atoms with Crippen molar-refractivity contribution in [3.63, 3.8) is 0 Å².